The number of carbonyl (C=O) groups excluding carboxylic acids is 3. The number of benzene rings is 1. The minimum Gasteiger partial charge on any atom is -0.642 e. The van der Waals surface area contributed by atoms with Gasteiger partial charge < -0.3 is 24.2 Å². The predicted octanol–water partition coefficient (Wildman–Crippen LogP) is -0.446. The Kier molecular flexibility index (Phi) is 12.6. The van der Waals surface area contributed by atoms with Crippen LogP contribution in [-0.4, -0.2) is 55.8 Å². The van der Waals surface area contributed by atoms with E-state index in [0.29, 0.717) is 24.1 Å². The van der Waals surface area contributed by atoms with Crippen LogP contribution in [0.15, 0.2) is 24.3 Å². The zero-order valence-corrected chi connectivity index (χ0v) is 21.8. The quantitative estimate of drug-likeness (QED) is 0.531. The van der Waals surface area contributed by atoms with Crippen LogP contribution in [0, 0.1) is 5.92 Å². The van der Waals surface area contributed by atoms with E-state index < -0.39 is 37.0 Å². The molecule has 4 rings (SSSR count). The normalized spacial score (nSPS) is 21.0. The maximum Gasteiger partial charge on any atom is 1.00 e. The molecule has 1 N–H and O–H groups in total. The maximum absolute atomic E-state index is 12.9. The zero-order valence-electron chi connectivity index (χ0n) is 19.8. The fourth-order valence-electron chi connectivity index (χ4n) is 3.87. The van der Waals surface area contributed by atoms with Gasteiger partial charge in [0, 0.05) is 39.9 Å². The SMILES string of the molecule is CC(=O)O[B-](OC(C)=O)OC(C)=O.FC(F)(F)c1ccccc1CNC1CN2CCC1CC2.[Na+]. The Hall–Kier alpha value is -1.60. The van der Waals surface area contributed by atoms with Crippen molar-refractivity contribution in [2.24, 2.45) is 5.92 Å². The van der Waals surface area contributed by atoms with Crippen LogP contribution in [0.5, 0.6) is 0 Å². The first-order valence-corrected chi connectivity index (χ1v) is 10.6. The molecule has 1 aromatic rings. The Morgan fingerprint density at radius 2 is 1.50 bits per heavy atom. The number of nitrogens with zero attached hydrogens (tertiary/aromatic N) is 1. The Bertz CT molecular complexity index is 799. The van der Waals surface area contributed by atoms with Crippen LogP contribution >= 0.6 is 0 Å². The molecule has 3 heterocycles. The summed E-state index contributed by atoms with van der Waals surface area (Å²) in [5.41, 5.74) is -0.176. The summed E-state index contributed by atoms with van der Waals surface area (Å²) in [6, 6.07) is 6.17. The van der Waals surface area contributed by atoms with Crippen molar-refractivity contribution in [3.8, 4) is 0 Å². The van der Waals surface area contributed by atoms with Gasteiger partial charge in [-0.25, -0.2) is 0 Å². The van der Waals surface area contributed by atoms with Crippen molar-refractivity contribution >= 4 is 25.2 Å². The van der Waals surface area contributed by atoms with E-state index in [2.05, 4.69) is 24.2 Å². The number of rotatable bonds is 6. The fourth-order valence-corrected chi connectivity index (χ4v) is 3.87. The summed E-state index contributed by atoms with van der Waals surface area (Å²) >= 11 is 0. The maximum atomic E-state index is 12.9. The zero-order chi connectivity index (χ0) is 24.6. The molecule has 0 aromatic heterocycles. The number of piperidine rings is 3. The molecule has 13 heteroatoms. The average Bonchev–Trinajstić information content (AvgIpc) is 2.72. The molecule has 3 aliphatic rings. The van der Waals surface area contributed by atoms with Crippen molar-refractivity contribution in [3.63, 3.8) is 0 Å². The van der Waals surface area contributed by atoms with Gasteiger partial charge in [0.25, 0.3) is 17.9 Å². The molecule has 0 aliphatic carbocycles. The third-order valence-electron chi connectivity index (χ3n) is 5.32. The van der Waals surface area contributed by atoms with Crippen LogP contribution in [0.4, 0.5) is 13.2 Å². The summed E-state index contributed by atoms with van der Waals surface area (Å²) in [5, 5.41) is 3.34. The molecule has 3 saturated heterocycles. The smallest absolute Gasteiger partial charge is 0.642 e. The van der Waals surface area contributed by atoms with E-state index in [4.69, 9.17) is 0 Å². The molecule has 1 unspecified atom stereocenters. The second-order valence-corrected chi connectivity index (χ2v) is 7.90. The van der Waals surface area contributed by atoms with Gasteiger partial charge >= 0.3 is 43.1 Å². The monoisotopic (exact) mass is 495 g/mol. The second kappa shape index (κ2) is 14.1. The fraction of sp³-hybridized carbons (Fsp3) is 0.571. The summed E-state index contributed by atoms with van der Waals surface area (Å²) in [6.45, 7) is 6.84. The Morgan fingerprint density at radius 3 is 1.91 bits per heavy atom. The van der Waals surface area contributed by atoms with Crippen LogP contribution in [0.25, 0.3) is 0 Å². The number of nitrogens with one attached hydrogen (secondary N) is 1. The third kappa shape index (κ3) is 10.3. The second-order valence-electron chi connectivity index (χ2n) is 7.90. The molecular formula is C21H28BF3N2NaO6. The Labute approximate surface area is 219 Å². The number of alkyl halides is 3. The van der Waals surface area contributed by atoms with Gasteiger partial charge in [0.15, 0.2) is 0 Å². The number of carbonyl (C=O) groups is 3. The molecule has 1 radical (unpaired) electrons. The molecule has 1 atom stereocenters. The van der Waals surface area contributed by atoms with Gasteiger partial charge in [0.2, 0.25) is 0 Å². The van der Waals surface area contributed by atoms with Gasteiger partial charge in [-0.3, -0.25) is 14.4 Å². The van der Waals surface area contributed by atoms with Crippen molar-refractivity contribution in [1.29, 1.82) is 0 Å². The molecule has 8 nitrogen and oxygen atoms in total. The van der Waals surface area contributed by atoms with E-state index in [0.717, 1.165) is 46.5 Å². The minimum atomic E-state index is -4.27. The van der Waals surface area contributed by atoms with Gasteiger partial charge in [-0.1, -0.05) is 18.2 Å². The number of hydrogen-bond acceptors (Lipinski definition) is 8. The van der Waals surface area contributed by atoms with Crippen molar-refractivity contribution in [3.05, 3.63) is 35.4 Å². The summed E-state index contributed by atoms with van der Waals surface area (Å²) in [5.74, 6) is -1.52. The molecule has 3 fully saturated rings. The molecule has 0 saturated carbocycles. The molecule has 34 heavy (non-hydrogen) atoms. The van der Waals surface area contributed by atoms with Crippen molar-refractivity contribution in [1.82, 2.24) is 10.2 Å². The Balaban J connectivity index is 0.000000364. The summed E-state index contributed by atoms with van der Waals surface area (Å²) in [4.78, 5) is 33.6. The van der Waals surface area contributed by atoms with E-state index in [-0.39, 0.29) is 29.6 Å². The van der Waals surface area contributed by atoms with Crippen molar-refractivity contribution < 1.29 is 71.1 Å². The van der Waals surface area contributed by atoms with Gasteiger partial charge in [-0.15, -0.1) is 0 Å². The molecule has 1 aromatic carbocycles. The molecule has 0 spiro atoms. The largest absolute Gasteiger partial charge is 1.00 e. The average molecular weight is 495 g/mol. The Morgan fingerprint density at radius 1 is 1.00 bits per heavy atom. The number of halogens is 3. The van der Waals surface area contributed by atoms with E-state index in [9.17, 15) is 27.6 Å². The minimum absolute atomic E-state index is 0. The standard InChI is InChI=1S/C15H19F3N2.C6H9BO6.Na/c16-15(17,18)13-4-2-1-3-12(13)9-19-14-10-20-7-5-11(14)6-8-20;1-4(8)11-7(12-5(2)9)13-6(3)10;/h1-4,11,14,19H,5-10H2;1-3H3;/q;-1;+1. The van der Waals surface area contributed by atoms with Gasteiger partial charge in [0.1, 0.15) is 0 Å². The molecule has 2 bridgehead atoms. The van der Waals surface area contributed by atoms with Crippen molar-refractivity contribution in [2.75, 3.05) is 19.6 Å². The van der Waals surface area contributed by atoms with E-state index in [1.54, 1.807) is 12.1 Å². The third-order valence-corrected chi connectivity index (χ3v) is 5.32. The molecule has 0 amide bonds. The first-order chi connectivity index (χ1) is 15.5. The number of fused-ring (bicyclic) bond motifs is 3. The van der Waals surface area contributed by atoms with Crippen molar-refractivity contribution in [2.45, 2.75) is 52.4 Å². The first-order valence-electron chi connectivity index (χ1n) is 10.6. The van der Waals surface area contributed by atoms with Gasteiger partial charge in [0.05, 0.1) is 5.56 Å². The summed E-state index contributed by atoms with van der Waals surface area (Å²) in [6.07, 6.45) is -1.94. The van der Waals surface area contributed by atoms with E-state index >= 15 is 0 Å². The van der Waals surface area contributed by atoms with Crippen LogP contribution in [0.3, 0.4) is 0 Å². The molecular weight excluding hydrogens is 467 g/mol. The van der Waals surface area contributed by atoms with Crippen LogP contribution in [-0.2, 0) is 41.1 Å². The van der Waals surface area contributed by atoms with E-state index in [1.165, 1.54) is 18.9 Å². The summed E-state index contributed by atoms with van der Waals surface area (Å²) in [7, 11) is -1.59. The predicted molar refractivity (Wildman–Crippen MR) is 112 cm³/mol. The van der Waals surface area contributed by atoms with Crippen LogP contribution in [0.1, 0.15) is 44.7 Å². The van der Waals surface area contributed by atoms with Gasteiger partial charge in [-0.2, -0.15) is 13.2 Å². The number of hydrogen-bond donors (Lipinski definition) is 1. The molecule has 3 aliphatic heterocycles. The van der Waals surface area contributed by atoms with Gasteiger partial charge in [-0.05, 0) is 43.5 Å². The van der Waals surface area contributed by atoms with E-state index in [1.807, 2.05) is 0 Å². The first kappa shape index (κ1) is 30.4. The van der Waals surface area contributed by atoms with Crippen LogP contribution < -0.4 is 34.9 Å². The topological polar surface area (TPSA) is 94.2 Å². The van der Waals surface area contributed by atoms with Crippen LogP contribution in [0.2, 0.25) is 0 Å². The summed E-state index contributed by atoms with van der Waals surface area (Å²) < 4.78 is 51.8. The molecule has 183 valence electrons.